The van der Waals surface area contributed by atoms with E-state index in [0.29, 0.717) is 6.61 Å². The van der Waals surface area contributed by atoms with Gasteiger partial charge in [0, 0.05) is 13.2 Å². The van der Waals surface area contributed by atoms with Crippen LogP contribution in [0.4, 0.5) is 5.82 Å². The zero-order valence-corrected chi connectivity index (χ0v) is 13.5. The van der Waals surface area contributed by atoms with Crippen molar-refractivity contribution in [1.82, 2.24) is 4.98 Å². The molecule has 0 spiro atoms. The van der Waals surface area contributed by atoms with Crippen LogP contribution < -0.4 is 10.1 Å². The van der Waals surface area contributed by atoms with Gasteiger partial charge < -0.3 is 10.1 Å². The molecule has 0 amide bonds. The van der Waals surface area contributed by atoms with E-state index in [-0.39, 0.29) is 5.41 Å². The van der Waals surface area contributed by atoms with Crippen molar-refractivity contribution in [2.24, 2.45) is 0 Å². The van der Waals surface area contributed by atoms with Crippen LogP contribution in [0, 0.1) is 6.92 Å². The molecule has 112 valence electrons. The van der Waals surface area contributed by atoms with E-state index in [2.05, 4.69) is 56.2 Å². The molecule has 0 aliphatic rings. The first-order chi connectivity index (χ1) is 9.90. The topological polar surface area (TPSA) is 34.1 Å². The zero-order valence-electron chi connectivity index (χ0n) is 13.5. The Morgan fingerprint density at radius 2 is 1.90 bits per heavy atom. The number of ether oxygens (including phenoxy) is 1. The fourth-order valence-electron chi connectivity index (χ4n) is 2.22. The molecule has 1 aromatic carbocycles. The molecule has 0 fully saturated rings. The quantitative estimate of drug-likeness (QED) is 0.908. The maximum atomic E-state index is 6.05. The Balaban J connectivity index is 2.20. The van der Waals surface area contributed by atoms with Crippen LogP contribution >= 0.6 is 0 Å². The van der Waals surface area contributed by atoms with Gasteiger partial charge in [-0.1, -0.05) is 38.5 Å². The van der Waals surface area contributed by atoms with Gasteiger partial charge in [0.1, 0.15) is 18.2 Å². The first-order valence-electron chi connectivity index (χ1n) is 7.27. The van der Waals surface area contributed by atoms with Gasteiger partial charge in [0.25, 0.3) is 0 Å². The molecular weight excluding hydrogens is 260 g/mol. The number of rotatable bonds is 4. The summed E-state index contributed by atoms with van der Waals surface area (Å²) in [7, 11) is 1.87. The molecule has 2 rings (SSSR count). The largest absolute Gasteiger partial charge is 0.489 e. The minimum atomic E-state index is 0.0652. The standard InChI is InChI=1S/C18H24N2O/c1-13-6-7-16(15(10-13)18(2,3)4)21-12-14-8-9-20-17(11-14)19-5/h6-11H,12H2,1-5H3,(H,19,20). The van der Waals surface area contributed by atoms with E-state index in [4.69, 9.17) is 4.74 Å². The lowest BCUT2D eigenvalue weighted by Gasteiger charge is -2.23. The van der Waals surface area contributed by atoms with Gasteiger partial charge in [-0.3, -0.25) is 0 Å². The Bertz CT molecular complexity index is 615. The minimum absolute atomic E-state index is 0.0652. The highest BCUT2D eigenvalue weighted by Gasteiger charge is 2.19. The highest BCUT2D eigenvalue weighted by Crippen LogP contribution is 2.32. The number of benzene rings is 1. The van der Waals surface area contributed by atoms with Crippen LogP contribution in [0.5, 0.6) is 5.75 Å². The van der Waals surface area contributed by atoms with Crippen LogP contribution in [0.2, 0.25) is 0 Å². The molecule has 0 bridgehead atoms. The molecule has 3 heteroatoms. The maximum Gasteiger partial charge on any atom is 0.126 e. The summed E-state index contributed by atoms with van der Waals surface area (Å²) in [5.74, 6) is 1.81. The predicted molar refractivity (Wildman–Crippen MR) is 88.0 cm³/mol. The summed E-state index contributed by atoms with van der Waals surface area (Å²) in [6.45, 7) is 9.28. The van der Waals surface area contributed by atoms with Crippen LogP contribution in [-0.2, 0) is 12.0 Å². The summed E-state index contributed by atoms with van der Waals surface area (Å²) in [5, 5.41) is 3.04. The summed E-state index contributed by atoms with van der Waals surface area (Å²) >= 11 is 0. The van der Waals surface area contributed by atoms with E-state index in [9.17, 15) is 0 Å². The number of anilines is 1. The molecule has 1 aromatic heterocycles. The first kappa shape index (κ1) is 15.4. The number of aryl methyl sites for hydroxylation is 1. The lowest BCUT2D eigenvalue weighted by molar-refractivity contribution is 0.297. The van der Waals surface area contributed by atoms with Gasteiger partial charge >= 0.3 is 0 Å². The molecule has 2 aromatic rings. The Kier molecular flexibility index (Phi) is 4.51. The van der Waals surface area contributed by atoms with Gasteiger partial charge in [-0.2, -0.15) is 0 Å². The molecule has 0 atom stereocenters. The molecule has 1 heterocycles. The number of nitrogens with zero attached hydrogens (tertiary/aromatic N) is 1. The summed E-state index contributed by atoms with van der Waals surface area (Å²) in [4.78, 5) is 4.21. The van der Waals surface area contributed by atoms with Crippen molar-refractivity contribution in [3.63, 3.8) is 0 Å². The average molecular weight is 284 g/mol. The second-order valence-corrected chi connectivity index (χ2v) is 6.34. The van der Waals surface area contributed by atoms with E-state index in [1.165, 1.54) is 11.1 Å². The Labute approximate surface area is 127 Å². The number of nitrogens with one attached hydrogen (secondary N) is 1. The zero-order chi connectivity index (χ0) is 15.5. The average Bonchev–Trinajstić information content (AvgIpc) is 2.45. The van der Waals surface area contributed by atoms with Gasteiger partial charge in [-0.15, -0.1) is 0 Å². The summed E-state index contributed by atoms with van der Waals surface area (Å²) in [6, 6.07) is 10.4. The van der Waals surface area contributed by atoms with E-state index in [1.807, 2.05) is 19.2 Å². The molecule has 1 N–H and O–H groups in total. The van der Waals surface area contributed by atoms with Crippen molar-refractivity contribution in [3.8, 4) is 5.75 Å². The molecule has 0 saturated heterocycles. The molecule has 0 aliphatic heterocycles. The summed E-state index contributed by atoms with van der Waals surface area (Å²) < 4.78 is 6.05. The Hall–Kier alpha value is -2.03. The van der Waals surface area contributed by atoms with E-state index in [1.54, 1.807) is 6.20 Å². The van der Waals surface area contributed by atoms with Gasteiger partial charge in [-0.05, 0) is 41.7 Å². The normalized spacial score (nSPS) is 11.3. The van der Waals surface area contributed by atoms with Crippen molar-refractivity contribution >= 4 is 5.82 Å². The number of pyridine rings is 1. The van der Waals surface area contributed by atoms with Crippen molar-refractivity contribution in [3.05, 3.63) is 53.2 Å². The fourth-order valence-corrected chi connectivity index (χ4v) is 2.22. The van der Waals surface area contributed by atoms with E-state index < -0.39 is 0 Å². The Morgan fingerprint density at radius 3 is 2.57 bits per heavy atom. The highest BCUT2D eigenvalue weighted by atomic mass is 16.5. The van der Waals surface area contributed by atoms with Gasteiger partial charge in [-0.25, -0.2) is 4.98 Å². The summed E-state index contributed by atoms with van der Waals surface area (Å²) in [5.41, 5.74) is 3.67. The van der Waals surface area contributed by atoms with Crippen molar-refractivity contribution in [1.29, 1.82) is 0 Å². The van der Waals surface area contributed by atoms with Crippen LogP contribution in [0.25, 0.3) is 0 Å². The smallest absolute Gasteiger partial charge is 0.126 e. The van der Waals surface area contributed by atoms with Crippen molar-refractivity contribution in [2.75, 3.05) is 12.4 Å². The third-order valence-electron chi connectivity index (χ3n) is 3.42. The van der Waals surface area contributed by atoms with Gasteiger partial charge in [0.05, 0.1) is 0 Å². The lowest BCUT2D eigenvalue weighted by Crippen LogP contribution is -2.13. The summed E-state index contributed by atoms with van der Waals surface area (Å²) in [6.07, 6.45) is 1.80. The second-order valence-electron chi connectivity index (χ2n) is 6.34. The number of hydrogen-bond acceptors (Lipinski definition) is 3. The molecule has 0 saturated carbocycles. The van der Waals surface area contributed by atoms with Gasteiger partial charge in [0.2, 0.25) is 0 Å². The first-order valence-corrected chi connectivity index (χ1v) is 7.27. The molecule has 0 aliphatic carbocycles. The van der Waals surface area contributed by atoms with Crippen LogP contribution in [0.15, 0.2) is 36.5 Å². The van der Waals surface area contributed by atoms with E-state index >= 15 is 0 Å². The second kappa shape index (κ2) is 6.17. The number of hydrogen-bond donors (Lipinski definition) is 1. The Morgan fingerprint density at radius 1 is 1.14 bits per heavy atom. The minimum Gasteiger partial charge on any atom is -0.489 e. The van der Waals surface area contributed by atoms with Crippen LogP contribution in [-0.4, -0.2) is 12.0 Å². The monoisotopic (exact) mass is 284 g/mol. The molecule has 0 radical (unpaired) electrons. The predicted octanol–water partition coefficient (Wildman–Crippen LogP) is 4.31. The third kappa shape index (κ3) is 3.97. The number of aromatic nitrogens is 1. The van der Waals surface area contributed by atoms with Crippen molar-refractivity contribution in [2.45, 2.75) is 39.7 Å². The molecule has 0 unspecified atom stereocenters. The fraction of sp³-hybridized carbons (Fsp3) is 0.389. The SMILES string of the molecule is CNc1cc(COc2ccc(C)cc2C(C)(C)C)ccn1. The van der Waals surface area contributed by atoms with Crippen LogP contribution in [0.1, 0.15) is 37.5 Å². The highest BCUT2D eigenvalue weighted by molar-refractivity contribution is 5.42. The molecule has 3 nitrogen and oxygen atoms in total. The van der Waals surface area contributed by atoms with Crippen molar-refractivity contribution < 1.29 is 4.74 Å². The third-order valence-corrected chi connectivity index (χ3v) is 3.42. The van der Waals surface area contributed by atoms with Crippen LogP contribution in [0.3, 0.4) is 0 Å². The van der Waals surface area contributed by atoms with Gasteiger partial charge in [0.15, 0.2) is 0 Å². The molecule has 21 heavy (non-hydrogen) atoms. The molecular formula is C18H24N2O. The van der Waals surface area contributed by atoms with E-state index in [0.717, 1.165) is 17.1 Å². The lowest BCUT2D eigenvalue weighted by atomic mass is 9.85. The maximum absolute atomic E-state index is 6.05.